The van der Waals surface area contributed by atoms with Gasteiger partial charge in [-0.25, -0.2) is 0 Å². The van der Waals surface area contributed by atoms with E-state index in [-0.39, 0.29) is 5.41 Å². The summed E-state index contributed by atoms with van der Waals surface area (Å²) in [6, 6.07) is 0. The molecule has 3 rings (SSSR count). The third-order valence-electron chi connectivity index (χ3n) is 3.01. The normalized spacial score (nSPS) is 45.0. The third-order valence-corrected chi connectivity index (χ3v) is 4.16. The van der Waals surface area contributed by atoms with Gasteiger partial charge in [0.15, 0.2) is 0 Å². The molecule has 3 saturated carbocycles. The van der Waals surface area contributed by atoms with Crippen molar-refractivity contribution in [3.8, 4) is 0 Å². The Morgan fingerprint density at radius 2 is 1.67 bits per heavy atom. The van der Waals surface area contributed by atoms with Gasteiger partial charge in [0.05, 0.1) is 0 Å². The Hall–Kier alpha value is 0.520. The van der Waals surface area contributed by atoms with E-state index in [9.17, 15) is 13.2 Å². The highest BCUT2D eigenvalue weighted by Crippen LogP contribution is 2.74. The van der Waals surface area contributed by atoms with Crippen LogP contribution in [0.15, 0.2) is 0 Å². The molecule has 0 amide bonds. The SMILES string of the molecule is FC(F)(F)CCC12CC(I)(C1)C2. The van der Waals surface area contributed by atoms with Crippen molar-refractivity contribution in [3.63, 3.8) is 0 Å². The van der Waals surface area contributed by atoms with Crippen LogP contribution in [0.2, 0.25) is 0 Å². The molecular formula is C8H10F3I. The second-order valence-electron chi connectivity index (χ2n) is 4.30. The zero-order valence-electron chi connectivity index (χ0n) is 6.55. The zero-order valence-corrected chi connectivity index (χ0v) is 8.70. The van der Waals surface area contributed by atoms with E-state index in [2.05, 4.69) is 22.6 Å². The van der Waals surface area contributed by atoms with Gasteiger partial charge in [-0.1, -0.05) is 22.6 Å². The van der Waals surface area contributed by atoms with Crippen molar-refractivity contribution >= 4 is 22.6 Å². The summed E-state index contributed by atoms with van der Waals surface area (Å²) in [7, 11) is 0. The molecule has 3 aliphatic rings. The molecule has 0 N–H and O–H groups in total. The lowest BCUT2D eigenvalue weighted by Crippen LogP contribution is -2.63. The fraction of sp³-hybridized carbons (Fsp3) is 1.00. The molecule has 2 bridgehead atoms. The van der Waals surface area contributed by atoms with Gasteiger partial charge in [-0.05, 0) is 31.1 Å². The molecular weight excluding hydrogens is 280 g/mol. The molecule has 4 heteroatoms. The first-order chi connectivity index (χ1) is 5.33. The minimum Gasteiger partial charge on any atom is -0.171 e. The number of alkyl halides is 4. The maximum absolute atomic E-state index is 11.9. The van der Waals surface area contributed by atoms with Crippen molar-refractivity contribution in [1.82, 2.24) is 0 Å². The van der Waals surface area contributed by atoms with Gasteiger partial charge in [0, 0.05) is 9.84 Å². The van der Waals surface area contributed by atoms with E-state index < -0.39 is 12.6 Å². The molecule has 12 heavy (non-hydrogen) atoms. The van der Waals surface area contributed by atoms with Crippen LogP contribution in [0.1, 0.15) is 32.1 Å². The number of halogens is 4. The summed E-state index contributed by atoms with van der Waals surface area (Å²) in [5, 5.41) is 0. The van der Waals surface area contributed by atoms with Gasteiger partial charge in [-0.3, -0.25) is 0 Å². The Kier molecular flexibility index (Phi) is 1.75. The quantitative estimate of drug-likeness (QED) is 0.537. The maximum atomic E-state index is 11.9. The average molecular weight is 290 g/mol. The molecule has 0 heterocycles. The fourth-order valence-corrected chi connectivity index (χ4v) is 4.96. The summed E-state index contributed by atoms with van der Waals surface area (Å²) in [6.07, 6.45) is -1.10. The van der Waals surface area contributed by atoms with E-state index in [1.54, 1.807) is 0 Å². The molecule has 0 atom stereocenters. The van der Waals surface area contributed by atoms with Crippen molar-refractivity contribution in [2.45, 2.75) is 41.7 Å². The Labute approximate surface area is 83.0 Å². The predicted octanol–water partition coefficient (Wildman–Crippen LogP) is 3.69. The van der Waals surface area contributed by atoms with Crippen LogP contribution >= 0.6 is 22.6 Å². The molecule has 0 aromatic heterocycles. The van der Waals surface area contributed by atoms with Gasteiger partial charge < -0.3 is 0 Å². The van der Waals surface area contributed by atoms with Gasteiger partial charge >= 0.3 is 6.18 Å². The van der Waals surface area contributed by atoms with Gasteiger partial charge in [-0.15, -0.1) is 0 Å². The molecule has 0 nitrogen and oxygen atoms in total. The van der Waals surface area contributed by atoms with E-state index in [4.69, 9.17) is 0 Å². The van der Waals surface area contributed by atoms with E-state index in [0.29, 0.717) is 9.84 Å². The molecule has 0 unspecified atom stereocenters. The Bertz CT molecular complexity index is 189. The van der Waals surface area contributed by atoms with Gasteiger partial charge in [0.2, 0.25) is 0 Å². The van der Waals surface area contributed by atoms with Crippen LogP contribution in [0.25, 0.3) is 0 Å². The summed E-state index contributed by atoms with van der Waals surface area (Å²) >= 11 is 2.38. The van der Waals surface area contributed by atoms with Crippen LogP contribution in [0.5, 0.6) is 0 Å². The predicted molar refractivity (Wildman–Crippen MR) is 48.3 cm³/mol. The summed E-state index contributed by atoms with van der Waals surface area (Å²) < 4.78 is 36.0. The summed E-state index contributed by atoms with van der Waals surface area (Å²) in [5.41, 5.74) is 0.108. The molecule has 0 aliphatic heterocycles. The average Bonchev–Trinajstić information content (AvgIpc) is 1.73. The first-order valence-corrected chi connectivity index (χ1v) is 5.16. The highest BCUT2D eigenvalue weighted by Gasteiger charge is 2.66. The van der Waals surface area contributed by atoms with Crippen LogP contribution < -0.4 is 0 Å². The number of rotatable bonds is 2. The van der Waals surface area contributed by atoms with Crippen molar-refractivity contribution in [1.29, 1.82) is 0 Å². The maximum Gasteiger partial charge on any atom is 0.389 e. The van der Waals surface area contributed by atoms with Crippen molar-refractivity contribution in [3.05, 3.63) is 0 Å². The van der Waals surface area contributed by atoms with Crippen LogP contribution in [-0.4, -0.2) is 9.60 Å². The van der Waals surface area contributed by atoms with E-state index in [1.165, 1.54) is 0 Å². The smallest absolute Gasteiger partial charge is 0.171 e. The molecule has 70 valence electrons. The summed E-state index contributed by atoms with van der Waals surface area (Å²) in [5.74, 6) is 0. The van der Waals surface area contributed by atoms with Crippen molar-refractivity contribution in [2.24, 2.45) is 5.41 Å². The minimum absolute atomic E-state index is 0.108. The molecule has 3 aliphatic carbocycles. The van der Waals surface area contributed by atoms with Gasteiger partial charge in [0.1, 0.15) is 0 Å². The first kappa shape index (κ1) is 9.09. The Morgan fingerprint density at radius 1 is 1.17 bits per heavy atom. The lowest BCUT2D eigenvalue weighted by atomic mass is 9.43. The van der Waals surface area contributed by atoms with Crippen LogP contribution in [0.3, 0.4) is 0 Å². The van der Waals surface area contributed by atoms with Crippen molar-refractivity contribution in [2.75, 3.05) is 0 Å². The third kappa shape index (κ3) is 1.46. The highest BCUT2D eigenvalue weighted by molar-refractivity contribution is 14.1. The van der Waals surface area contributed by atoms with Crippen molar-refractivity contribution < 1.29 is 13.2 Å². The standard InChI is InChI=1S/C8H10F3I/c9-8(10,11)2-1-6-3-7(12,4-6)5-6/h1-5H2. The molecule has 3 fully saturated rings. The lowest BCUT2D eigenvalue weighted by Gasteiger charge is -2.68. The Balaban J connectivity index is 1.77. The second kappa shape index (κ2) is 2.30. The lowest BCUT2D eigenvalue weighted by molar-refractivity contribution is -0.160. The van der Waals surface area contributed by atoms with Gasteiger partial charge in [0.25, 0.3) is 0 Å². The minimum atomic E-state index is -3.95. The highest BCUT2D eigenvalue weighted by atomic mass is 127. The molecule has 0 spiro atoms. The molecule has 0 aromatic rings. The molecule has 0 radical (unpaired) electrons. The fourth-order valence-electron chi connectivity index (χ4n) is 2.53. The topological polar surface area (TPSA) is 0 Å². The van der Waals surface area contributed by atoms with Crippen LogP contribution in [0.4, 0.5) is 13.2 Å². The Morgan fingerprint density at radius 3 is 2.00 bits per heavy atom. The second-order valence-corrected chi connectivity index (χ2v) is 6.58. The van der Waals surface area contributed by atoms with E-state index >= 15 is 0 Å². The summed E-state index contributed by atoms with van der Waals surface area (Å²) in [4.78, 5) is 0. The summed E-state index contributed by atoms with van der Waals surface area (Å²) in [6.45, 7) is 0. The monoisotopic (exact) mass is 290 g/mol. The molecule has 0 saturated heterocycles. The van der Waals surface area contributed by atoms with E-state index in [1.807, 2.05) is 0 Å². The number of hydrogen-bond donors (Lipinski definition) is 0. The van der Waals surface area contributed by atoms with Crippen LogP contribution in [0, 0.1) is 5.41 Å². The van der Waals surface area contributed by atoms with Crippen LogP contribution in [-0.2, 0) is 0 Å². The largest absolute Gasteiger partial charge is 0.389 e. The van der Waals surface area contributed by atoms with Gasteiger partial charge in [-0.2, -0.15) is 13.2 Å². The van der Waals surface area contributed by atoms with E-state index in [0.717, 1.165) is 19.3 Å². The zero-order chi connectivity index (χ0) is 9.04. The first-order valence-electron chi connectivity index (χ1n) is 4.08. The molecule has 0 aromatic carbocycles. The number of hydrogen-bond acceptors (Lipinski definition) is 0.